The first-order chi connectivity index (χ1) is 9.85. The van der Waals surface area contributed by atoms with Gasteiger partial charge in [-0.15, -0.1) is 0 Å². The molecule has 0 amide bonds. The monoisotopic (exact) mass is 264 g/mol. The second kappa shape index (κ2) is 4.13. The summed E-state index contributed by atoms with van der Waals surface area (Å²) < 4.78 is 10.6. The third-order valence-corrected chi connectivity index (χ3v) is 3.51. The second-order valence-electron chi connectivity index (χ2n) is 4.65. The molecule has 3 heterocycles. The maximum Gasteiger partial charge on any atom is 0.138 e. The summed E-state index contributed by atoms with van der Waals surface area (Å²) in [5, 5.41) is 2.14. The standard InChI is InChI=1S/C16H12N2O2/c1-19-12-7-13-14(9-18-16(13)17-8-12)10-2-3-15-11(6-10)4-5-20-15/h2-9H,1H3,(H,17,18). The molecule has 0 unspecified atom stereocenters. The van der Waals surface area contributed by atoms with Crippen LogP contribution in [0.4, 0.5) is 0 Å². The number of furan rings is 1. The maximum absolute atomic E-state index is 5.37. The molecule has 20 heavy (non-hydrogen) atoms. The molecule has 0 saturated heterocycles. The van der Waals surface area contributed by atoms with Crippen LogP contribution in [0, 0.1) is 0 Å². The Morgan fingerprint density at radius 1 is 1.20 bits per heavy atom. The van der Waals surface area contributed by atoms with Gasteiger partial charge < -0.3 is 14.1 Å². The fourth-order valence-corrected chi connectivity index (χ4v) is 2.47. The third-order valence-electron chi connectivity index (χ3n) is 3.51. The number of H-pyrrole nitrogens is 1. The molecule has 3 aromatic heterocycles. The molecule has 4 nitrogen and oxygen atoms in total. The maximum atomic E-state index is 5.37. The third kappa shape index (κ3) is 1.58. The Kier molecular flexibility index (Phi) is 2.29. The van der Waals surface area contributed by atoms with E-state index in [0.717, 1.165) is 38.9 Å². The van der Waals surface area contributed by atoms with E-state index in [1.807, 2.05) is 30.5 Å². The van der Waals surface area contributed by atoms with Gasteiger partial charge in [0.05, 0.1) is 19.6 Å². The van der Waals surface area contributed by atoms with Gasteiger partial charge in [-0.1, -0.05) is 6.07 Å². The highest BCUT2D eigenvalue weighted by atomic mass is 16.5. The van der Waals surface area contributed by atoms with Crippen LogP contribution in [0.1, 0.15) is 0 Å². The Morgan fingerprint density at radius 2 is 2.15 bits per heavy atom. The van der Waals surface area contributed by atoms with Gasteiger partial charge in [-0.2, -0.15) is 0 Å². The van der Waals surface area contributed by atoms with E-state index in [0.29, 0.717) is 0 Å². The lowest BCUT2D eigenvalue weighted by molar-refractivity contribution is 0.414. The largest absolute Gasteiger partial charge is 0.495 e. The topological polar surface area (TPSA) is 51.0 Å². The van der Waals surface area contributed by atoms with E-state index in [9.17, 15) is 0 Å². The number of ether oxygens (including phenoxy) is 1. The minimum atomic E-state index is 0.753. The fourth-order valence-electron chi connectivity index (χ4n) is 2.47. The SMILES string of the molecule is COc1cnc2[nH]cc(-c3ccc4occc4c3)c2c1. The average molecular weight is 264 g/mol. The van der Waals surface area contributed by atoms with Gasteiger partial charge in [0.2, 0.25) is 0 Å². The molecular formula is C16H12N2O2. The summed E-state index contributed by atoms with van der Waals surface area (Å²) in [5.41, 5.74) is 3.98. The number of fused-ring (bicyclic) bond motifs is 2. The predicted octanol–water partition coefficient (Wildman–Crippen LogP) is 3.98. The molecule has 0 fully saturated rings. The van der Waals surface area contributed by atoms with E-state index >= 15 is 0 Å². The molecule has 0 saturated carbocycles. The zero-order chi connectivity index (χ0) is 13.5. The zero-order valence-electron chi connectivity index (χ0n) is 10.9. The van der Waals surface area contributed by atoms with Gasteiger partial charge >= 0.3 is 0 Å². The minimum Gasteiger partial charge on any atom is -0.495 e. The van der Waals surface area contributed by atoms with Gasteiger partial charge in [-0.25, -0.2) is 4.98 Å². The molecule has 0 atom stereocenters. The fraction of sp³-hybridized carbons (Fsp3) is 0.0625. The van der Waals surface area contributed by atoms with Crippen molar-refractivity contribution >= 4 is 22.0 Å². The molecule has 4 aromatic rings. The molecular weight excluding hydrogens is 252 g/mol. The quantitative estimate of drug-likeness (QED) is 0.595. The van der Waals surface area contributed by atoms with Crippen LogP contribution < -0.4 is 4.74 Å². The Bertz CT molecular complexity index is 905. The molecule has 1 aromatic carbocycles. The van der Waals surface area contributed by atoms with Crippen LogP contribution >= 0.6 is 0 Å². The highest BCUT2D eigenvalue weighted by molar-refractivity contribution is 5.96. The number of hydrogen-bond donors (Lipinski definition) is 1. The van der Waals surface area contributed by atoms with Crippen molar-refractivity contribution in [3.05, 3.63) is 49.0 Å². The number of aromatic amines is 1. The number of pyridine rings is 1. The molecule has 0 radical (unpaired) electrons. The van der Waals surface area contributed by atoms with E-state index in [2.05, 4.69) is 16.0 Å². The number of rotatable bonds is 2. The van der Waals surface area contributed by atoms with Crippen LogP contribution in [-0.4, -0.2) is 17.1 Å². The lowest BCUT2D eigenvalue weighted by Crippen LogP contribution is -1.84. The summed E-state index contributed by atoms with van der Waals surface area (Å²) in [6.07, 6.45) is 5.38. The molecule has 4 rings (SSSR count). The molecule has 98 valence electrons. The van der Waals surface area contributed by atoms with E-state index < -0.39 is 0 Å². The first-order valence-electron chi connectivity index (χ1n) is 6.34. The molecule has 0 aliphatic rings. The summed E-state index contributed by atoms with van der Waals surface area (Å²) in [6.45, 7) is 0. The van der Waals surface area contributed by atoms with Gasteiger partial charge in [-0.3, -0.25) is 0 Å². The molecule has 0 spiro atoms. The molecule has 4 heteroatoms. The molecule has 0 aliphatic carbocycles. The number of benzene rings is 1. The van der Waals surface area contributed by atoms with Crippen LogP contribution in [0.2, 0.25) is 0 Å². The number of hydrogen-bond acceptors (Lipinski definition) is 3. The van der Waals surface area contributed by atoms with Crippen LogP contribution in [0.3, 0.4) is 0 Å². The van der Waals surface area contributed by atoms with E-state index in [1.165, 1.54) is 0 Å². The zero-order valence-corrected chi connectivity index (χ0v) is 10.9. The van der Waals surface area contributed by atoms with Crippen molar-refractivity contribution < 1.29 is 9.15 Å². The van der Waals surface area contributed by atoms with Crippen molar-refractivity contribution in [1.82, 2.24) is 9.97 Å². The predicted molar refractivity (Wildman–Crippen MR) is 77.9 cm³/mol. The van der Waals surface area contributed by atoms with Crippen molar-refractivity contribution in [3.63, 3.8) is 0 Å². The van der Waals surface area contributed by atoms with E-state index in [-0.39, 0.29) is 0 Å². The minimum absolute atomic E-state index is 0.753. The Hall–Kier alpha value is -2.75. The highest BCUT2D eigenvalue weighted by Crippen LogP contribution is 2.31. The van der Waals surface area contributed by atoms with Crippen molar-refractivity contribution in [2.45, 2.75) is 0 Å². The van der Waals surface area contributed by atoms with E-state index in [1.54, 1.807) is 19.6 Å². The number of aromatic nitrogens is 2. The highest BCUT2D eigenvalue weighted by Gasteiger charge is 2.09. The first-order valence-corrected chi connectivity index (χ1v) is 6.34. The molecule has 0 aliphatic heterocycles. The van der Waals surface area contributed by atoms with Crippen molar-refractivity contribution in [2.24, 2.45) is 0 Å². The van der Waals surface area contributed by atoms with Gasteiger partial charge in [0.1, 0.15) is 17.0 Å². The van der Waals surface area contributed by atoms with Crippen molar-refractivity contribution in [1.29, 1.82) is 0 Å². The summed E-state index contributed by atoms with van der Waals surface area (Å²) in [4.78, 5) is 7.54. The summed E-state index contributed by atoms with van der Waals surface area (Å²) in [6, 6.07) is 10.1. The molecule has 1 N–H and O–H groups in total. The second-order valence-corrected chi connectivity index (χ2v) is 4.65. The van der Waals surface area contributed by atoms with Crippen LogP contribution in [0.5, 0.6) is 5.75 Å². The first kappa shape index (κ1) is 11.1. The average Bonchev–Trinajstić information content (AvgIpc) is 3.11. The van der Waals surface area contributed by atoms with Crippen LogP contribution in [-0.2, 0) is 0 Å². The van der Waals surface area contributed by atoms with Crippen molar-refractivity contribution in [3.8, 4) is 16.9 Å². The Morgan fingerprint density at radius 3 is 3.05 bits per heavy atom. The normalized spacial score (nSPS) is 11.2. The number of nitrogens with zero attached hydrogens (tertiary/aromatic N) is 1. The van der Waals surface area contributed by atoms with Gasteiger partial charge in [-0.05, 0) is 29.8 Å². The number of methoxy groups -OCH3 is 1. The lowest BCUT2D eigenvalue weighted by atomic mass is 10.0. The van der Waals surface area contributed by atoms with Gasteiger partial charge in [0, 0.05) is 22.5 Å². The smallest absolute Gasteiger partial charge is 0.138 e. The van der Waals surface area contributed by atoms with Crippen LogP contribution in [0.15, 0.2) is 53.4 Å². The van der Waals surface area contributed by atoms with Crippen LogP contribution in [0.25, 0.3) is 33.1 Å². The Labute approximate surface area is 115 Å². The van der Waals surface area contributed by atoms with E-state index in [4.69, 9.17) is 9.15 Å². The number of nitrogens with one attached hydrogen (secondary N) is 1. The van der Waals surface area contributed by atoms with Gasteiger partial charge in [0.25, 0.3) is 0 Å². The lowest BCUT2D eigenvalue weighted by Gasteiger charge is -2.02. The summed E-state index contributed by atoms with van der Waals surface area (Å²) >= 11 is 0. The van der Waals surface area contributed by atoms with Crippen molar-refractivity contribution in [2.75, 3.05) is 7.11 Å². The molecule has 0 bridgehead atoms. The van der Waals surface area contributed by atoms with Gasteiger partial charge in [0.15, 0.2) is 0 Å². The Balaban J connectivity index is 1.96. The summed E-state index contributed by atoms with van der Waals surface area (Å²) in [5.74, 6) is 0.753. The summed E-state index contributed by atoms with van der Waals surface area (Å²) in [7, 11) is 1.65.